The van der Waals surface area contributed by atoms with Crippen molar-refractivity contribution in [3.05, 3.63) is 35.4 Å². The highest BCUT2D eigenvalue weighted by Gasteiger charge is 2.29. The highest BCUT2D eigenvalue weighted by atomic mass is 19.4. The lowest BCUT2D eigenvalue weighted by atomic mass is 9.97. The van der Waals surface area contributed by atoms with Gasteiger partial charge < -0.3 is 4.74 Å². The van der Waals surface area contributed by atoms with Gasteiger partial charge in [0.1, 0.15) is 0 Å². The molecule has 0 saturated carbocycles. The number of halogens is 3. The second kappa shape index (κ2) is 6.00. The van der Waals surface area contributed by atoms with Crippen LogP contribution in [0.3, 0.4) is 0 Å². The first-order valence-corrected chi connectivity index (χ1v) is 5.94. The van der Waals surface area contributed by atoms with E-state index in [4.69, 9.17) is 4.74 Å². The molecule has 0 saturated heterocycles. The van der Waals surface area contributed by atoms with Crippen LogP contribution in [0.5, 0.6) is 0 Å². The molecule has 0 unspecified atom stereocenters. The van der Waals surface area contributed by atoms with Crippen molar-refractivity contribution >= 4 is 5.97 Å². The SMILES string of the molecule is CC(C)(C)C(=O)OCC#Cc1ccc(C(F)(F)F)cc1. The van der Waals surface area contributed by atoms with E-state index >= 15 is 0 Å². The number of hydrogen-bond acceptors (Lipinski definition) is 2. The van der Waals surface area contributed by atoms with E-state index < -0.39 is 17.2 Å². The molecule has 0 aliphatic heterocycles. The Labute approximate surface area is 115 Å². The summed E-state index contributed by atoms with van der Waals surface area (Å²) in [5.74, 6) is 4.85. The van der Waals surface area contributed by atoms with Crippen molar-refractivity contribution in [1.82, 2.24) is 0 Å². The molecule has 0 aliphatic rings. The van der Waals surface area contributed by atoms with Gasteiger partial charge in [-0.1, -0.05) is 11.8 Å². The van der Waals surface area contributed by atoms with Gasteiger partial charge in [0.05, 0.1) is 11.0 Å². The highest BCUT2D eigenvalue weighted by Crippen LogP contribution is 2.28. The lowest BCUT2D eigenvalue weighted by Crippen LogP contribution is -2.22. The van der Waals surface area contributed by atoms with Crippen LogP contribution in [-0.4, -0.2) is 12.6 Å². The van der Waals surface area contributed by atoms with Crippen molar-refractivity contribution in [3.63, 3.8) is 0 Å². The minimum atomic E-state index is -4.35. The largest absolute Gasteiger partial charge is 0.452 e. The summed E-state index contributed by atoms with van der Waals surface area (Å²) in [6.07, 6.45) is -4.35. The van der Waals surface area contributed by atoms with Gasteiger partial charge in [0.25, 0.3) is 0 Å². The van der Waals surface area contributed by atoms with Crippen LogP contribution in [-0.2, 0) is 15.7 Å². The van der Waals surface area contributed by atoms with Gasteiger partial charge in [-0.05, 0) is 45.0 Å². The first kappa shape index (κ1) is 16.1. The minimum Gasteiger partial charge on any atom is -0.452 e. The molecule has 0 bridgehead atoms. The van der Waals surface area contributed by atoms with Crippen LogP contribution in [0.15, 0.2) is 24.3 Å². The molecule has 1 aromatic carbocycles. The van der Waals surface area contributed by atoms with E-state index in [0.717, 1.165) is 12.1 Å². The van der Waals surface area contributed by atoms with Gasteiger partial charge in [0.2, 0.25) is 0 Å². The molecule has 0 spiro atoms. The number of carbonyl (C=O) groups is 1. The fraction of sp³-hybridized carbons (Fsp3) is 0.400. The van der Waals surface area contributed by atoms with Crippen LogP contribution >= 0.6 is 0 Å². The molecule has 0 radical (unpaired) electrons. The van der Waals surface area contributed by atoms with Crippen LogP contribution in [0.4, 0.5) is 13.2 Å². The molecule has 0 atom stereocenters. The van der Waals surface area contributed by atoms with Crippen LogP contribution in [0.25, 0.3) is 0 Å². The Morgan fingerprint density at radius 2 is 1.70 bits per heavy atom. The van der Waals surface area contributed by atoms with E-state index in [1.54, 1.807) is 20.8 Å². The van der Waals surface area contributed by atoms with Gasteiger partial charge in [0, 0.05) is 5.56 Å². The zero-order chi connectivity index (χ0) is 15.4. The normalized spacial score (nSPS) is 11.5. The Kier molecular flexibility index (Phi) is 4.83. The molecule has 0 aliphatic carbocycles. The second-order valence-electron chi connectivity index (χ2n) is 5.20. The van der Waals surface area contributed by atoms with Crippen LogP contribution in [0.2, 0.25) is 0 Å². The Morgan fingerprint density at radius 3 is 2.15 bits per heavy atom. The first-order chi connectivity index (χ1) is 9.10. The summed E-state index contributed by atoms with van der Waals surface area (Å²) < 4.78 is 41.9. The fourth-order valence-electron chi connectivity index (χ4n) is 1.20. The van der Waals surface area contributed by atoms with Crippen LogP contribution in [0, 0.1) is 17.3 Å². The fourth-order valence-corrected chi connectivity index (χ4v) is 1.20. The van der Waals surface area contributed by atoms with Gasteiger partial charge in [-0.25, -0.2) is 0 Å². The number of ether oxygens (including phenoxy) is 1. The summed E-state index contributed by atoms with van der Waals surface area (Å²) >= 11 is 0. The molecule has 0 heterocycles. The molecule has 0 aromatic heterocycles. The zero-order valence-electron chi connectivity index (χ0n) is 11.5. The van der Waals surface area contributed by atoms with Gasteiger partial charge in [-0.2, -0.15) is 13.2 Å². The molecule has 0 fully saturated rings. The number of alkyl halides is 3. The monoisotopic (exact) mass is 284 g/mol. The maximum atomic E-state index is 12.3. The van der Waals surface area contributed by atoms with Crippen molar-refractivity contribution in [2.75, 3.05) is 6.61 Å². The summed E-state index contributed by atoms with van der Waals surface area (Å²) in [5, 5.41) is 0. The molecule has 2 nitrogen and oxygen atoms in total. The van der Waals surface area contributed by atoms with Crippen molar-refractivity contribution < 1.29 is 22.7 Å². The van der Waals surface area contributed by atoms with Crippen molar-refractivity contribution in [3.8, 4) is 11.8 Å². The topological polar surface area (TPSA) is 26.3 Å². The second-order valence-corrected chi connectivity index (χ2v) is 5.20. The quantitative estimate of drug-likeness (QED) is 0.581. The molecule has 5 heteroatoms. The third-order valence-corrected chi connectivity index (χ3v) is 2.33. The standard InChI is InChI=1S/C15H15F3O2/c1-14(2,3)13(19)20-10-4-5-11-6-8-12(9-7-11)15(16,17)18/h6-9H,10H2,1-3H3. The molecule has 0 amide bonds. The average Bonchev–Trinajstić information content (AvgIpc) is 2.32. The Morgan fingerprint density at radius 1 is 1.15 bits per heavy atom. The lowest BCUT2D eigenvalue weighted by Gasteiger charge is -2.14. The molecular weight excluding hydrogens is 269 g/mol. The van der Waals surface area contributed by atoms with E-state index in [1.807, 2.05) is 0 Å². The van der Waals surface area contributed by atoms with E-state index in [0.29, 0.717) is 5.56 Å². The summed E-state index contributed by atoms with van der Waals surface area (Å²) in [4.78, 5) is 11.4. The van der Waals surface area contributed by atoms with E-state index in [1.165, 1.54) is 12.1 Å². The van der Waals surface area contributed by atoms with Gasteiger partial charge in [-0.15, -0.1) is 0 Å². The van der Waals surface area contributed by atoms with Crippen molar-refractivity contribution in [2.24, 2.45) is 5.41 Å². The van der Waals surface area contributed by atoms with Crippen LogP contribution < -0.4 is 0 Å². The predicted octanol–water partition coefficient (Wildman–Crippen LogP) is 3.65. The smallest absolute Gasteiger partial charge is 0.416 e. The molecule has 0 N–H and O–H groups in total. The van der Waals surface area contributed by atoms with E-state index in [2.05, 4.69) is 11.8 Å². The third kappa shape index (κ3) is 4.96. The minimum absolute atomic E-state index is 0.0862. The third-order valence-electron chi connectivity index (χ3n) is 2.33. The van der Waals surface area contributed by atoms with Gasteiger partial charge in [0.15, 0.2) is 6.61 Å². The van der Waals surface area contributed by atoms with Gasteiger partial charge in [-0.3, -0.25) is 4.79 Å². The lowest BCUT2D eigenvalue weighted by molar-refractivity contribution is -0.151. The maximum Gasteiger partial charge on any atom is 0.416 e. The summed E-state index contributed by atoms with van der Waals surface area (Å²) in [5.41, 5.74) is -0.886. The highest BCUT2D eigenvalue weighted by molar-refractivity contribution is 5.75. The predicted molar refractivity (Wildman–Crippen MR) is 68.7 cm³/mol. The van der Waals surface area contributed by atoms with Crippen LogP contribution in [0.1, 0.15) is 31.9 Å². The number of hydrogen-bond donors (Lipinski definition) is 0. The Hall–Kier alpha value is -1.96. The summed E-state index contributed by atoms with van der Waals surface area (Å²) in [6, 6.07) is 4.49. The Bertz CT molecular complexity index is 525. The summed E-state index contributed by atoms with van der Waals surface area (Å²) in [7, 11) is 0. The van der Waals surface area contributed by atoms with E-state index in [9.17, 15) is 18.0 Å². The molecular formula is C15H15F3O2. The molecule has 1 aromatic rings. The number of benzene rings is 1. The van der Waals surface area contributed by atoms with Gasteiger partial charge >= 0.3 is 12.1 Å². The molecule has 20 heavy (non-hydrogen) atoms. The number of carbonyl (C=O) groups excluding carboxylic acids is 1. The summed E-state index contributed by atoms with van der Waals surface area (Å²) in [6.45, 7) is 5.08. The zero-order valence-corrected chi connectivity index (χ0v) is 11.5. The number of rotatable bonds is 1. The molecule has 108 valence electrons. The van der Waals surface area contributed by atoms with E-state index in [-0.39, 0.29) is 12.6 Å². The maximum absolute atomic E-state index is 12.3. The average molecular weight is 284 g/mol. The molecule has 1 rings (SSSR count). The first-order valence-electron chi connectivity index (χ1n) is 5.94. The van der Waals surface area contributed by atoms with Crippen molar-refractivity contribution in [1.29, 1.82) is 0 Å². The van der Waals surface area contributed by atoms with Crippen molar-refractivity contribution in [2.45, 2.75) is 26.9 Å². The Balaban J connectivity index is 2.59. The number of esters is 1.